The zero-order chi connectivity index (χ0) is 16.3. The van der Waals surface area contributed by atoms with Gasteiger partial charge in [0, 0.05) is 19.6 Å². The largest absolute Gasteiger partial charge is 0.494 e. The number of ether oxygens (including phenoxy) is 1. The van der Waals surface area contributed by atoms with E-state index in [0.717, 1.165) is 5.56 Å². The number of hydrogen-bond acceptors (Lipinski definition) is 4. The number of hydrogen-bond donors (Lipinski definition) is 1. The fourth-order valence-electron chi connectivity index (χ4n) is 2.33. The summed E-state index contributed by atoms with van der Waals surface area (Å²) in [6.45, 7) is 2.98. The number of imide groups is 1. The van der Waals surface area contributed by atoms with Crippen molar-refractivity contribution in [3.63, 3.8) is 0 Å². The molecule has 1 aromatic rings. The molecule has 0 spiro atoms. The Morgan fingerprint density at radius 2 is 2.27 bits per heavy atom. The monoisotopic (exact) mass is 309 g/mol. The van der Waals surface area contributed by atoms with Gasteiger partial charge < -0.3 is 10.1 Å². The number of carbonyl (C=O) groups excluding carboxylic acids is 2. The number of amides is 3. The van der Waals surface area contributed by atoms with E-state index >= 15 is 0 Å². The van der Waals surface area contributed by atoms with Crippen molar-refractivity contribution in [1.82, 2.24) is 15.1 Å². The molecule has 1 aliphatic heterocycles. The van der Waals surface area contributed by atoms with Crippen molar-refractivity contribution in [2.24, 2.45) is 0 Å². The molecule has 1 heterocycles. The Bertz CT molecular complexity index is 579. The molecule has 120 valence electrons. The second-order valence-corrected chi connectivity index (χ2v) is 5.28. The van der Waals surface area contributed by atoms with E-state index in [1.165, 1.54) is 18.1 Å². The maximum absolute atomic E-state index is 13.7. The van der Waals surface area contributed by atoms with Gasteiger partial charge in [-0.25, -0.2) is 9.18 Å². The van der Waals surface area contributed by atoms with Crippen molar-refractivity contribution in [2.45, 2.75) is 19.5 Å². The van der Waals surface area contributed by atoms with Crippen LogP contribution in [0.25, 0.3) is 0 Å². The predicted octanol–water partition coefficient (Wildman–Crippen LogP) is 1.21. The molecule has 7 heteroatoms. The minimum atomic E-state index is -0.478. The van der Waals surface area contributed by atoms with Gasteiger partial charge in [0.2, 0.25) is 5.91 Å². The van der Waals surface area contributed by atoms with Gasteiger partial charge in [-0.05, 0) is 31.7 Å². The molecule has 1 saturated heterocycles. The Morgan fingerprint density at radius 3 is 2.82 bits per heavy atom. The van der Waals surface area contributed by atoms with Gasteiger partial charge in [-0.1, -0.05) is 6.07 Å². The number of nitrogens with zero attached hydrogens (tertiary/aromatic N) is 2. The van der Waals surface area contributed by atoms with E-state index in [4.69, 9.17) is 4.74 Å². The maximum Gasteiger partial charge on any atom is 0.324 e. The lowest BCUT2D eigenvalue weighted by Gasteiger charge is -2.26. The molecule has 1 atom stereocenters. The van der Waals surface area contributed by atoms with Gasteiger partial charge in [-0.2, -0.15) is 0 Å². The van der Waals surface area contributed by atoms with Crippen LogP contribution in [-0.4, -0.2) is 55.0 Å². The molecule has 3 amide bonds. The minimum Gasteiger partial charge on any atom is -0.494 e. The van der Waals surface area contributed by atoms with E-state index < -0.39 is 11.9 Å². The SMILES string of the molecule is COc1ccc(CN(C)[C@@H](C)C(=O)N2CCNC2=O)cc1F. The van der Waals surface area contributed by atoms with E-state index in [1.54, 1.807) is 31.0 Å². The summed E-state index contributed by atoms with van der Waals surface area (Å²) < 4.78 is 18.6. The maximum atomic E-state index is 13.7. The molecule has 0 unspecified atom stereocenters. The summed E-state index contributed by atoms with van der Waals surface area (Å²) in [5.41, 5.74) is 0.728. The normalized spacial score (nSPS) is 15.9. The second-order valence-electron chi connectivity index (χ2n) is 5.28. The zero-order valence-corrected chi connectivity index (χ0v) is 12.9. The van der Waals surface area contributed by atoms with Crippen LogP contribution in [0.15, 0.2) is 18.2 Å². The van der Waals surface area contributed by atoms with E-state index in [1.807, 2.05) is 0 Å². The zero-order valence-electron chi connectivity index (χ0n) is 12.9. The molecule has 0 aliphatic carbocycles. The number of methoxy groups -OCH3 is 1. The first-order valence-corrected chi connectivity index (χ1v) is 7.06. The summed E-state index contributed by atoms with van der Waals surface area (Å²) in [6.07, 6.45) is 0. The third kappa shape index (κ3) is 3.36. The van der Waals surface area contributed by atoms with Crippen molar-refractivity contribution < 1.29 is 18.7 Å². The smallest absolute Gasteiger partial charge is 0.324 e. The lowest BCUT2D eigenvalue weighted by atomic mass is 10.1. The quantitative estimate of drug-likeness (QED) is 0.888. The Kier molecular flexibility index (Phi) is 4.97. The lowest BCUT2D eigenvalue weighted by Crippen LogP contribution is -2.46. The fraction of sp³-hybridized carbons (Fsp3) is 0.467. The molecule has 1 aliphatic rings. The Hall–Kier alpha value is -2.15. The van der Waals surface area contributed by atoms with Crippen LogP contribution in [0.1, 0.15) is 12.5 Å². The predicted molar refractivity (Wildman–Crippen MR) is 79.0 cm³/mol. The van der Waals surface area contributed by atoms with Crippen LogP contribution >= 0.6 is 0 Å². The minimum absolute atomic E-state index is 0.185. The third-order valence-corrected chi connectivity index (χ3v) is 3.79. The van der Waals surface area contributed by atoms with Gasteiger partial charge in [0.15, 0.2) is 11.6 Å². The first-order chi connectivity index (χ1) is 10.4. The molecule has 1 fully saturated rings. The van der Waals surface area contributed by atoms with Gasteiger partial charge in [-0.3, -0.25) is 14.6 Å². The van der Waals surface area contributed by atoms with E-state index in [9.17, 15) is 14.0 Å². The number of rotatable bonds is 5. The molecule has 1 N–H and O–H groups in total. The Morgan fingerprint density at radius 1 is 1.55 bits per heavy atom. The summed E-state index contributed by atoms with van der Waals surface area (Å²) in [5.74, 6) is -0.512. The van der Waals surface area contributed by atoms with Crippen molar-refractivity contribution in [2.75, 3.05) is 27.2 Å². The van der Waals surface area contributed by atoms with Crippen LogP contribution in [0.2, 0.25) is 0 Å². The standard InChI is InChI=1S/C15H20FN3O3/c1-10(14(20)19-7-6-17-15(19)21)18(2)9-11-4-5-13(22-3)12(16)8-11/h4-5,8,10H,6-7,9H2,1-3H3,(H,17,21)/t10-/m0/s1. The van der Waals surface area contributed by atoms with Crippen LogP contribution in [0.5, 0.6) is 5.75 Å². The lowest BCUT2D eigenvalue weighted by molar-refractivity contribution is -0.132. The van der Waals surface area contributed by atoms with Gasteiger partial charge in [-0.15, -0.1) is 0 Å². The highest BCUT2D eigenvalue weighted by Gasteiger charge is 2.31. The first-order valence-electron chi connectivity index (χ1n) is 7.06. The second kappa shape index (κ2) is 6.74. The van der Waals surface area contributed by atoms with Gasteiger partial charge in [0.25, 0.3) is 0 Å². The Balaban J connectivity index is 2.01. The molecule has 0 aromatic heterocycles. The molecular formula is C15H20FN3O3. The van der Waals surface area contributed by atoms with E-state index in [0.29, 0.717) is 19.6 Å². The molecular weight excluding hydrogens is 289 g/mol. The van der Waals surface area contributed by atoms with Crippen LogP contribution in [0.4, 0.5) is 9.18 Å². The van der Waals surface area contributed by atoms with Gasteiger partial charge in [0.1, 0.15) is 0 Å². The third-order valence-electron chi connectivity index (χ3n) is 3.79. The number of carbonyl (C=O) groups is 2. The number of likely N-dealkylation sites (N-methyl/N-ethyl adjacent to an activating group) is 1. The number of nitrogens with one attached hydrogen (secondary N) is 1. The average Bonchev–Trinajstić information content (AvgIpc) is 2.92. The fourth-order valence-corrected chi connectivity index (χ4v) is 2.33. The highest BCUT2D eigenvalue weighted by molar-refractivity contribution is 5.98. The van der Waals surface area contributed by atoms with Crippen LogP contribution < -0.4 is 10.1 Å². The molecule has 1 aromatic carbocycles. The highest BCUT2D eigenvalue weighted by atomic mass is 19.1. The molecule has 6 nitrogen and oxygen atoms in total. The van der Waals surface area contributed by atoms with E-state index in [-0.39, 0.29) is 17.7 Å². The molecule has 2 rings (SSSR count). The van der Waals surface area contributed by atoms with Crippen molar-refractivity contribution >= 4 is 11.9 Å². The molecule has 0 saturated carbocycles. The van der Waals surface area contributed by atoms with Gasteiger partial charge in [0.05, 0.1) is 13.2 Å². The highest BCUT2D eigenvalue weighted by Crippen LogP contribution is 2.19. The number of urea groups is 1. The number of benzene rings is 1. The first kappa shape index (κ1) is 16.2. The topological polar surface area (TPSA) is 61.9 Å². The van der Waals surface area contributed by atoms with Gasteiger partial charge >= 0.3 is 6.03 Å². The van der Waals surface area contributed by atoms with Crippen LogP contribution in [0, 0.1) is 5.82 Å². The van der Waals surface area contributed by atoms with Crippen molar-refractivity contribution in [1.29, 1.82) is 0 Å². The van der Waals surface area contributed by atoms with Crippen LogP contribution in [0.3, 0.4) is 0 Å². The summed E-state index contributed by atoms with van der Waals surface area (Å²) >= 11 is 0. The summed E-state index contributed by atoms with van der Waals surface area (Å²) in [7, 11) is 3.17. The van der Waals surface area contributed by atoms with Crippen LogP contribution in [-0.2, 0) is 11.3 Å². The van der Waals surface area contributed by atoms with E-state index in [2.05, 4.69) is 5.32 Å². The Labute approximate surface area is 128 Å². The average molecular weight is 309 g/mol. The number of halogens is 1. The summed E-state index contributed by atoms with van der Waals surface area (Å²) in [4.78, 5) is 26.8. The molecule has 22 heavy (non-hydrogen) atoms. The molecule has 0 radical (unpaired) electrons. The van der Waals surface area contributed by atoms with Crippen molar-refractivity contribution in [3.8, 4) is 5.75 Å². The van der Waals surface area contributed by atoms with Crippen molar-refractivity contribution in [3.05, 3.63) is 29.6 Å². The summed E-state index contributed by atoms with van der Waals surface area (Å²) in [5, 5.41) is 2.60. The molecule has 0 bridgehead atoms. The summed E-state index contributed by atoms with van der Waals surface area (Å²) in [6, 6.07) is 3.85.